The van der Waals surface area contributed by atoms with Gasteiger partial charge < -0.3 is 4.90 Å². The lowest BCUT2D eigenvalue weighted by Gasteiger charge is -2.29. The molecule has 2 aliphatic rings. The van der Waals surface area contributed by atoms with Gasteiger partial charge in [-0.1, -0.05) is 13.0 Å². The predicted octanol–water partition coefficient (Wildman–Crippen LogP) is 2.98. The van der Waals surface area contributed by atoms with Gasteiger partial charge in [0.25, 0.3) is 0 Å². The first-order valence-corrected chi connectivity index (χ1v) is 5.20. The fraction of sp³-hybridized carbons (Fsp3) is 0.700. The Bertz CT molecular complexity index is 241. The van der Waals surface area contributed by atoms with Gasteiger partial charge in [0.15, 0.2) is 0 Å². The topological polar surface area (TPSA) is 20.3 Å². The van der Waals surface area contributed by atoms with E-state index in [1.165, 1.54) is 19.3 Å². The molecule has 0 heterocycles. The maximum Gasteiger partial charge on any atom is 0.320 e. The van der Waals surface area contributed by atoms with E-state index in [0.717, 1.165) is 12.3 Å². The quantitative estimate of drug-likeness (QED) is 0.495. The molecule has 2 fully saturated rings. The second-order valence-corrected chi connectivity index (χ2v) is 4.41. The molecule has 2 nitrogen and oxygen atoms in total. The van der Waals surface area contributed by atoms with Gasteiger partial charge in [0.05, 0.1) is 0 Å². The van der Waals surface area contributed by atoms with Crippen LogP contribution in [0.25, 0.3) is 0 Å². The summed E-state index contributed by atoms with van der Waals surface area (Å²) in [5.74, 6) is 1.50. The van der Waals surface area contributed by atoms with Crippen LogP contribution in [0.15, 0.2) is 12.8 Å². The van der Waals surface area contributed by atoms with Gasteiger partial charge in [0.2, 0.25) is 0 Å². The van der Waals surface area contributed by atoms with Gasteiger partial charge >= 0.3 is 5.37 Å². The number of carbonyl (C=O) groups is 1. The van der Waals surface area contributed by atoms with Gasteiger partial charge in [0.1, 0.15) is 0 Å². The third kappa shape index (κ3) is 1.48. The molecule has 0 aliphatic heterocycles. The molecule has 3 unspecified atom stereocenters. The minimum absolute atomic E-state index is 0.334. The lowest BCUT2D eigenvalue weighted by Crippen LogP contribution is -2.36. The third-order valence-electron chi connectivity index (χ3n) is 3.46. The van der Waals surface area contributed by atoms with E-state index in [2.05, 4.69) is 6.58 Å². The van der Waals surface area contributed by atoms with Gasteiger partial charge in [-0.25, -0.2) is 0 Å². The van der Waals surface area contributed by atoms with Crippen LogP contribution in [0.5, 0.6) is 0 Å². The largest absolute Gasteiger partial charge is 0.320 e. The summed E-state index contributed by atoms with van der Waals surface area (Å²) in [7, 11) is 0. The van der Waals surface area contributed by atoms with Crippen LogP contribution in [0.2, 0.25) is 0 Å². The summed E-state index contributed by atoms with van der Waals surface area (Å²) in [5.41, 5.74) is 0. The smallest absolute Gasteiger partial charge is 0.303 e. The van der Waals surface area contributed by atoms with Gasteiger partial charge in [-0.05, 0) is 42.7 Å². The first-order chi connectivity index (χ1) is 6.22. The average molecular weight is 200 g/mol. The summed E-state index contributed by atoms with van der Waals surface area (Å²) in [4.78, 5) is 12.7. The Labute approximate surface area is 83.5 Å². The van der Waals surface area contributed by atoms with Crippen molar-refractivity contribution in [2.45, 2.75) is 31.7 Å². The number of carbonyl (C=O) groups excluding carboxylic acids is 1. The molecule has 0 aromatic carbocycles. The summed E-state index contributed by atoms with van der Waals surface area (Å²) in [6.45, 7) is 3.63. The van der Waals surface area contributed by atoms with Crippen LogP contribution >= 0.6 is 11.6 Å². The van der Waals surface area contributed by atoms with E-state index in [1.807, 2.05) is 0 Å². The first-order valence-electron chi connectivity index (χ1n) is 4.82. The van der Waals surface area contributed by atoms with Crippen LogP contribution in [-0.2, 0) is 0 Å². The first kappa shape index (κ1) is 9.07. The number of amides is 1. The predicted molar refractivity (Wildman–Crippen MR) is 52.5 cm³/mol. The highest BCUT2D eigenvalue weighted by atomic mass is 35.5. The molecule has 0 spiro atoms. The van der Waals surface area contributed by atoms with Crippen LogP contribution in [0, 0.1) is 11.8 Å². The van der Waals surface area contributed by atoms with Crippen molar-refractivity contribution in [1.82, 2.24) is 4.90 Å². The van der Waals surface area contributed by atoms with Crippen molar-refractivity contribution >= 4 is 17.0 Å². The van der Waals surface area contributed by atoms with E-state index in [1.54, 1.807) is 11.1 Å². The van der Waals surface area contributed by atoms with E-state index in [9.17, 15) is 4.79 Å². The number of hydrogen-bond donors (Lipinski definition) is 0. The van der Waals surface area contributed by atoms with Crippen molar-refractivity contribution in [3.8, 4) is 0 Å². The second-order valence-electron chi connectivity index (χ2n) is 4.09. The van der Waals surface area contributed by atoms with Crippen molar-refractivity contribution in [3.63, 3.8) is 0 Å². The molecule has 72 valence electrons. The van der Waals surface area contributed by atoms with Crippen LogP contribution in [0.4, 0.5) is 4.79 Å². The standard InChI is InChI=1S/C10H14ClNO/c1-2-12(10(11)13)9-6-7-3-4-8(9)5-7/h2,7-9H,1,3-6H2. The fourth-order valence-electron chi connectivity index (χ4n) is 2.89. The fourth-order valence-corrected chi connectivity index (χ4v) is 3.08. The Morgan fingerprint density at radius 2 is 2.23 bits per heavy atom. The Kier molecular flexibility index (Phi) is 2.33. The number of hydrogen-bond acceptors (Lipinski definition) is 1. The summed E-state index contributed by atoms with van der Waals surface area (Å²) in [5, 5.41) is -0.382. The maximum absolute atomic E-state index is 11.1. The molecular weight excluding hydrogens is 186 g/mol. The molecule has 3 heteroatoms. The van der Waals surface area contributed by atoms with Crippen molar-refractivity contribution in [3.05, 3.63) is 12.8 Å². The summed E-state index contributed by atoms with van der Waals surface area (Å²) in [6.07, 6.45) is 6.56. The maximum atomic E-state index is 11.1. The molecule has 2 saturated carbocycles. The van der Waals surface area contributed by atoms with Gasteiger partial charge in [-0.2, -0.15) is 0 Å². The lowest BCUT2D eigenvalue weighted by molar-refractivity contribution is 0.200. The normalized spacial score (nSPS) is 36.2. The molecule has 3 atom stereocenters. The highest BCUT2D eigenvalue weighted by Crippen LogP contribution is 2.46. The number of halogens is 1. The van der Waals surface area contributed by atoms with Crippen molar-refractivity contribution < 1.29 is 4.79 Å². The van der Waals surface area contributed by atoms with E-state index in [4.69, 9.17) is 11.6 Å². The Hall–Kier alpha value is -0.500. The molecule has 0 aromatic heterocycles. The Morgan fingerprint density at radius 3 is 2.62 bits per heavy atom. The van der Waals surface area contributed by atoms with Gasteiger partial charge in [0, 0.05) is 12.2 Å². The van der Waals surface area contributed by atoms with E-state index < -0.39 is 0 Å². The Morgan fingerprint density at radius 1 is 1.46 bits per heavy atom. The molecule has 2 rings (SSSR count). The summed E-state index contributed by atoms with van der Waals surface area (Å²) in [6, 6.07) is 0.334. The minimum Gasteiger partial charge on any atom is -0.303 e. The van der Waals surface area contributed by atoms with E-state index >= 15 is 0 Å². The molecular formula is C10H14ClNO. The van der Waals surface area contributed by atoms with Crippen molar-refractivity contribution in [2.24, 2.45) is 11.8 Å². The summed E-state index contributed by atoms with van der Waals surface area (Å²) >= 11 is 5.48. The van der Waals surface area contributed by atoms with E-state index in [-0.39, 0.29) is 5.37 Å². The SMILES string of the molecule is C=CN(C(=O)Cl)C1CC2CCC1C2. The summed E-state index contributed by atoms with van der Waals surface area (Å²) < 4.78 is 0. The number of fused-ring (bicyclic) bond motifs is 2. The molecule has 0 saturated heterocycles. The zero-order valence-electron chi connectivity index (χ0n) is 7.58. The van der Waals surface area contributed by atoms with E-state index in [0.29, 0.717) is 12.0 Å². The third-order valence-corrected chi connectivity index (χ3v) is 3.65. The van der Waals surface area contributed by atoms with Crippen LogP contribution in [0.3, 0.4) is 0 Å². The number of nitrogens with zero attached hydrogens (tertiary/aromatic N) is 1. The van der Waals surface area contributed by atoms with Gasteiger partial charge in [-0.3, -0.25) is 4.79 Å². The molecule has 2 bridgehead atoms. The molecule has 0 aromatic rings. The Balaban J connectivity index is 2.08. The van der Waals surface area contributed by atoms with Crippen molar-refractivity contribution in [1.29, 1.82) is 0 Å². The van der Waals surface area contributed by atoms with Gasteiger partial charge in [-0.15, -0.1) is 0 Å². The minimum atomic E-state index is -0.382. The molecule has 0 N–H and O–H groups in total. The molecule has 0 radical (unpaired) electrons. The van der Waals surface area contributed by atoms with Crippen LogP contribution in [-0.4, -0.2) is 16.3 Å². The zero-order valence-corrected chi connectivity index (χ0v) is 8.33. The molecule has 13 heavy (non-hydrogen) atoms. The monoisotopic (exact) mass is 199 g/mol. The van der Waals surface area contributed by atoms with Crippen molar-refractivity contribution in [2.75, 3.05) is 0 Å². The van der Waals surface area contributed by atoms with Crippen LogP contribution in [0.1, 0.15) is 25.7 Å². The molecule has 1 amide bonds. The second kappa shape index (κ2) is 3.33. The highest BCUT2D eigenvalue weighted by molar-refractivity contribution is 6.63. The lowest BCUT2D eigenvalue weighted by atomic mass is 9.94. The zero-order chi connectivity index (χ0) is 9.42. The molecule has 2 aliphatic carbocycles. The average Bonchev–Trinajstić information content (AvgIpc) is 2.65. The van der Waals surface area contributed by atoms with Crippen LogP contribution < -0.4 is 0 Å². The number of rotatable bonds is 2. The highest BCUT2D eigenvalue weighted by Gasteiger charge is 2.42.